The van der Waals surface area contributed by atoms with Crippen LogP contribution < -0.4 is 5.69 Å². The molecule has 0 aliphatic heterocycles. The van der Waals surface area contributed by atoms with Crippen LogP contribution in [-0.4, -0.2) is 14.5 Å². The maximum atomic E-state index is 12.8. The van der Waals surface area contributed by atoms with Gasteiger partial charge in [0.1, 0.15) is 5.82 Å². The third-order valence-electron chi connectivity index (χ3n) is 2.80. The van der Waals surface area contributed by atoms with Crippen LogP contribution in [0.3, 0.4) is 0 Å². The number of benzene rings is 1. The number of fused-ring (bicyclic) bond motifs is 1. The van der Waals surface area contributed by atoms with Gasteiger partial charge in [-0.05, 0) is 29.8 Å². The van der Waals surface area contributed by atoms with Gasteiger partial charge in [-0.1, -0.05) is 12.1 Å². The predicted octanol–water partition coefficient (Wildman–Crippen LogP) is 1.91. The Morgan fingerprint density at radius 3 is 2.78 bits per heavy atom. The Labute approximate surface area is 102 Å². The number of nitrogens with zero attached hydrogens (tertiary/aromatic N) is 2. The second-order valence-corrected chi connectivity index (χ2v) is 4.01. The number of hydrogen-bond acceptors (Lipinski definition) is 2. The molecular formula is C13H10FN3O. The molecule has 5 heteroatoms. The Bertz CT molecular complexity index is 743. The normalized spacial score (nSPS) is 10.9. The summed E-state index contributed by atoms with van der Waals surface area (Å²) < 4.78 is 14.4. The number of aromatic nitrogens is 3. The van der Waals surface area contributed by atoms with E-state index in [-0.39, 0.29) is 11.5 Å². The van der Waals surface area contributed by atoms with Crippen molar-refractivity contribution >= 4 is 11.2 Å². The Morgan fingerprint density at radius 1 is 1.22 bits per heavy atom. The Hall–Kier alpha value is -2.43. The lowest BCUT2D eigenvalue weighted by atomic mass is 10.2. The maximum absolute atomic E-state index is 12.8. The molecule has 0 bridgehead atoms. The molecule has 0 fully saturated rings. The summed E-state index contributed by atoms with van der Waals surface area (Å²) in [6, 6.07) is 9.69. The molecule has 0 atom stereocenters. The number of halogens is 1. The molecule has 0 aliphatic rings. The van der Waals surface area contributed by atoms with E-state index in [2.05, 4.69) is 9.97 Å². The van der Waals surface area contributed by atoms with Crippen molar-refractivity contribution in [2.45, 2.75) is 6.54 Å². The van der Waals surface area contributed by atoms with Gasteiger partial charge in [-0.25, -0.2) is 14.2 Å². The molecule has 18 heavy (non-hydrogen) atoms. The SMILES string of the molecule is O=c1[nH]c2ncccc2n1Cc1ccc(F)cc1. The van der Waals surface area contributed by atoms with Crippen LogP contribution in [0, 0.1) is 5.82 Å². The van der Waals surface area contributed by atoms with E-state index in [4.69, 9.17) is 0 Å². The van der Waals surface area contributed by atoms with Gasteiger partial charge in [0, 0.05) is 6.20 Å². The first-order valence-corrected chi connectivity index (χ1v) is 5.52. The predicted molar refractivity (Wildman–Crippen MR) is 65.9 cm³/mol. The van der Waals surface area contributed by atoms with Gasteiger partial charge in [0.2, 0.25) is 0 Å². The highest BCUT2D eigenvalue weighted by Crippen LogP contribution is 2.09. The van der Waals surface area contributed by atoms with Gasteiger partial charge in [0.15, 0.2) is 5.65 Å². The number of rotatable bonds is 2. The third kappa shape index (κ3) is 1.79. The molecule has 0 saturated carbocycles. The van der Waals surface area contributed by atoms with E-state index in [1.807, 2.05) is 6.07 Å². The van der Waals surface area contributed by atoms with Crippen molar-refractivity contribution in [2.24, 2.45) is 0 Å². The van der Waals surface area contributed by atoms with Gasteiger partial charge in [-0.2, -0.15) is 0 Å². The van der Waals surface area contributed by atoms with Crippen LogP contribution in [0.4, 0.5) is 4.39 Å². The van der Waals surface area contributed by atoms with Gasteiger partial charge in [0.05, 0.1) is 12.1 Å². The van der Waals surface area contributed by atoms with Gasteiger partial charge >= 0.3 is 5.69 Å². The summed E-state index contributed by atoms with van der Waals surface area (Å²) in [5.41, 5.74) is 1.95. The van der Waals surface area contributed by atoms with E-state index in [0.717, 1.165) is 11.1 Å². The van der Waals surface area contributed by atoms with Gasteiger partial charge in [-0.3, -0.25) is 9.55 Å². The van der Waals surface area contributed by atoms with Crippen molar-refractivity contribution in [3.05, 3.63) is 64.5 Å². The minimum absolute atomic E-state index is 0.215. The highest BCUT2D eigenvalue weighted by molar-refractivity contribution is 5.70. The van der Waals surface area contributed by atoms with Crippen molar-refractivity contribution < 1.29 is 4.39 Å². The summed E-state index contributed by atoms with van der Waals surface area (Å²) >= 11 is 0. The fourth-order valence-corrected chi connectivity index (χ4v) is 1.92. The third-order valence-corrected chi connectivity index (χ3v) is 2.80. The second kappa shape index (κ2) is 4.10. The van der Waals surface area contributed by atoms with Crippen LogP contribution in [-0.2, 0) is 6.54 Å². The fourth-order valence-electron chi connectivity index (χ4n) is 1.92. The standard InChI is InChI=1S/C13H10FN3O/c14-10-5-3-9(4-6-10)8-17-11-2-1-7-15-12(11)16-13(17)18/h1-7H,8H2,(H,15,16,18). The van der Waals surface area contributed by atoms with Crippen LogP contribution in [0.15, 0.2) is 47.4 Å². The lowest BCUT2D eigenvalue weighted by Crippen LogP contribution is -2.17. The fraction of sp³-hybridized carbons (Fsp3) is 0.0769. The minimum atomic E-state index is -0.285. The quantitative estimate of drug-likeness (QED) is 0.747. The molecule has 3 aromatic rings. The largest absolute Gasteiger partial charge is 0.327 e. The minimum Gasteiger partial charge on any atom is -0.290 e. The average molecular weight is 243 g/mol. The first-order chi connectivity index (χ1) is 8.74. The van der Waals surface area contributed by atoms with E-state index in [9.17, 15) is 9.18 Å². The lowest BCUT2D eigenvalue weighted by Gasteiger charge is -2.03. The smallest absolute Gasteiger partial charge is 0.290 e. The van der Waals surface area contributed by atoms with Crippen molar-refractivity contribution in [3.63, 3.8) is 0 Å². The van der Waals surface area contributed by atoms with Crippen LogP contribution >= 0.6 is 0 Å². The van der Waals surface area contributed by atoms with Crippen molar-refractivity contribution in [1.82, 2.24) is 14.5 Å². The summed E-state index contributed by atoms with van der Waals surface area (Å²) in [4.78, 5) is 18.6. The van der Waals surface area contributed by atoms with E-state index < -0.39 is 0 Å². The van der Waals surface area contributed by atoms with Crippen molar-refractivity contribution in [2.75, 3.05) is 0 Å². The molecule has 0 saturated heterocycles. The molecule has 0 unspecified atom stereocenters. The van der Waals surface area contributed by atoms with Crippen LogP contribution in [0.1, 0.15) is 5.56 Å². The lowest BCUT2D eigenvalue weighted by molar-refractivity contribution is 0.626. The Kier molecular flexibility index (Phi) is 2.44. The van der Waals surface area contributed by atoms with Crippen molar-refractivity contribution in [1.29, 1.82) is 0 Å². The summed E-state index contributed by atoms with van der Waals surface area (Å²) in [6.07, 6.45) is 1.63. The zero-order valence-corrected chi connectivity index (χ0v) is 9.43. The molecule has 4 nitrogen and oxygen atoms in total. The molecule has 0 aliphatic carbocycles. The average Bonchev–Trinajstić information content (AvgIpc) is 2.69. The second-order valence-electron chi connectivity index (χ2n) is 4.01. The summed E-state index contributed by atoms with van der Waals surface area (Å²) in [5, 5.41) is 0. The monoisotopic (exact) mass is 243 g/mol. The first-order valence-electron chi connectivity index (χ1n) is 5.52. The zero-order chi connectivity index (χ0) is 12.5. The number of nitrogens with one attached hydrogen (secondary N) is 1. The number of imidazole rings is 1. The Balaban J connectivity index is 2.07. The van der Waals surface area contributed by atoms with Gasteiger partial charge < -0.3 is 0 Å². The number of H-pyrrole nitrogens is 1. The van der Waals surface area contributed by atoms with E-state index in [1.54, 1.807) is 29.0 Å². The van der Waals surface area contributed by atoms with Gasteiger partial charge in [0.25, 0.3) is 0 Å². The molecule has 2 aromatic heterocycles. The molecule has 0 amide bonds. The van der Waals surface area contributed by atoms with E-state index in [0.29, 0.717) is 12.2 Å². The highest BCUT2D eigenvalue weighted by atomic mass is 19.1. The van der Waals surface area contributed by atoms with E-state index >= 15 is 0 Å². The summed E-state index contributed by atoms with van der Waals surface area (Å²) in [6.45, 7) is 0.394. The molecule has 1 aromatic carbocycles. The summed E-state index contributed by atoms with van der Waals surface area (Å²) in [5.74, 6) is -0.285. The van der Waals surface area contributed by atoms with E-state index in [1.165, 1.54) is 12.1 Å². The van der Waals surface area contributed by atoms with Crippen LogP contribution in [0.25, 0.3) is 11.2 Å². The molecule has 3 rings (SSSR count). The first kappa shape index (κ1) is 10.7. The highest BCUT2D eigenvalue weighted by Gasteiger charge is 2.07. The molecule has 90 valence electrons. The van der Waals surface area contributed by atoms with Crippen molar-refractivity contribution in [3.8, 4) is 0 Å². The van der Waals surface area contributed by atoms with Crippen LogP contribution in [0.2, 0.25) is 0 Å². The number of aromatic amines is 1. The number of pyridine rings is 1. The zero-order valence-electron chi connectivity index (χ0n) is 9.43. The molecule has 1 N–H and O–H groups in total. The number of hydrogen-bond donors (Lipinski definition) is 1. The maximum Gasteiger partial charge on any atom is 0.327 e. The summed E-state index contributed by atoms with van der Waals surface area (Å²) in [7, 11) is 0. The van der Waals surface area contributed by atoms with Gasteiger partial charge in [-0.15, -0.1) is 0 Å². The molecular weight excluding hydrogens is 233 g/mol. The molecule has 0 spiro atoms. The topological polar surface area (TPSA) is 50.7 Å². The van der Waals surface area contributed by atoms with Crippen LogP contribution in [0.5, 0.6) is 0 Å². The molecule has 0 radical (unpaired) electrons. The Morgan fingerprint density at radius 2 is 2.00 bits per heavy atom. The molecule has 2 heterocycles.